The molecule has 0 aliphatic carbocycles. The zero-order valence-corrected chi connectivity index (χ0v) is 12.9. The molecule has 0 saturated carbocycles. The van der Waals surface area contributed by atoms with Gasteiger partial charge in [0, 0.05) is 31.1 Å². The van der Waals surface area contributed by atoms with Crippen LogP contribution in [0.4, 0.5) is 5.82 Å². The Balaban J connectivity index is 2.20. The molecular formula is C15H26N4O. The summed E-state index contributed by atoms with van der Waals surface area (Å²) in [6.45, 7) is 8.27. The van der Waals surface area contributed by atoms with E-state index >= 15 is 0 Å². The predicted molar refractivity (Wildman–Crippen MR) is 82.4 cm³/mol. The van der Waals surface area contributed by atoms with Gasteiger partial charge in [-0.2, -0.15) is 0 Å². The van der Waals surface area contributed by atoms with Gasteiger partial charge in [0.25, 0.3) is 5.56 Å². The lowest BCUT2D eigenvalue weighted by Crippen LogP contribution is -2.44. The minimum Gasteiger partial charge on any atom is -0.356 e. The Morgan fingerprint density at radius 3 is 2.85 bits per heavy atom. The summed E-state index contributed by atoms with van der Waals surface area (Å²) in [5.41, 5.74) is -0.0533. The fraction of sp³-hybridized carbons (Fsp3) is 0.733. The molecule has 112 valence electrons. The largest absolute Gasteiger partial charge is 0.356 e. The van der Waals surface area contributed by atoms with Gasteiger partial charge < -0.3 is 15.2 Å². The van der Waals surface area contributed by atoms with Crippen molar-refractivity contribution in [3.63, 3.8) is 0 Å². The van der Waals surface area contributed by atoms with Crippen molar-refractivity contribution in [2.24, 2.45) is 5.92 Å². The van der Waals surface area contributed by atoms with Gasteiger partial charge in [0.15, 0.2) is 0 Å². The molecule has 2 heterocycles. The number of hydrogen-bond acceptors (Lipinski definition) is 4. The number of aromatic amines is 1. The Kier molecular flexibility index (Phi) is 4.81. The van der Waals surface area contributed by atoms with Crippen LogP contribution in [-0.4, -0.2) is 36.1 Å². The number of aromatic nitrogens is 2. The highest BCUT2D eigenvalue weighted by Gasteiger charge is 2.25. The monoisotopic (exact) mass is 278 g/mol. The maximum atomic E-state index is 11.8. The molecule has 1 aliphatic rings. The molecule has 1 aliphatic heterocycles. The molecule has 20 heavy (non-hydrogen) atoms. The van der Waals surface area contributed by atoms with Crippen LogP contribution < -0.4 is 15.8 Å². The summed E-state index contributed by atoms with van der Waals surface area (Å²) in [4.78, 5) is 21.5. The zero-order valence-electron chi connectivity index (χ0n) is 12.9. The third kappa shape index (κ3) is 3.39. The van der Waals surface area contributed by atoms with E-state index in [0.29, 0.717) is 12.0 Å². The average Bonchev–Trinajstić information content (AvgIpc) is 2.45. The molecule has 0 aromatic carbocycles. The van der Waals surface area contributed by atoms with E-state index in [0.717, 1.165) is 31.2 Å². The van der Waals surface area contributed by atoms with Gasteiger partial charge in [-0.3, -0.25) is 4.79 Å². The van der Waals surface area contributed by atoms with Gasteiger partial charge >= 0.3 is 0 Å². The second-order valence-electron chi connectivity index (χ2n) is 6.07. The first-order valence-electron chi connectivity index (χ1n) is 7.54. The number of hydrogen-bond donors (Lipinski definition) is 2. The molecule has 2 atom stereocenters. The highest BCUT2D eigenvalue weighted by Crippen LogP contribution is 2.23. The minimum atomic E-state index is -0.0533. The average molecular weight is 278 g/mol. The predicted octanol–water partition coefficient (Wildman–Crippen LogP) is 1.72. The highest BCUT2D eigenvalue weighted by molar-refractivity contribution is 5.38. The van der Waals surface area contributed by atoms with Crippen molar-refractivity contribution in [1.82, 2.24) is 15.3 Å². The number of nitrogens with zero attached hydrogens (tertiary/aromatic N) is 2. The first-order chi connectivity index (χ1) is 9.51. The molecule has 2 unspecified atom stereocenters. The van der Waals surface area contributed by atoms with E-state index < -0.39 is 0 Å². The molecular weight excluding hydrogens is 252 g/mol. The highest BCUT2D eigenvalue weighted by atomic mass is 16.1. The molecule has 2 N–H and O–H groups in total. The first kappa shape index (κ1) is 15.0. The van der Waals surface area contributed by atoms with E-state index in [9.17, 15) is 4.79 Å². The molecule has 1 saturated heterocycles. The summed E-state index contributed by atoms with van der Waals surface area (Å²) >= 11 is 0. The standard InChI is InChI=1S/C15H26N4O/c1-10(2)15-17-13(8-14(20)18-15)19-7-5-6-12(9-19)11(3)16-4/h8,10-12,16H,5-7,9H2,1-4H3,(H,17,18,20). The van der Waals surface area contributed by atoms with Crippen LogP contribution in [0.15, 0.2) is 10.9 Å². The van der Waals surface area contributed by atoms with Gasteiger partial charge in [-0.25, -0.2) is 4.98 Å². The molecule has 1 fully saturated rings. The van der Waals surface area contributed by atoms with Crippen molar-refractivity contribution < 1.29 is 0 Å². The molecule has 1 aromatic heterocycles. The zero-order chi connectivity index (χ0) is 14.7. The number of piperidine rings is 1. The second kappa shape index (κ2) is 6.39. The van der Waals surface area contributed by atoms with Crippen LogP contribution >= 0.6 is 0 Å². The van der Waals surface area contributed by atoms with Crippen LogP contribution in [0.1, 0.15) is 45.4 Å². The van der Waals surface area contributed by atoms with E-state index in [2.05, 4.69) is 27.1 Å². The van der Waals surface area contributed by atoms with Crippen LogP contribution in [0.25, 0.3) is 0 Å². The van der Waals surface area contributed by atoms with E-state index in [1.807, 2.05) is 20.9 Å². The first-order valence-corrected chi connectivity index (χ1v) is 7.54. The molecule has 0 bridgehead atoms. The van der Waals surface area contributed by atoms with Gasteiger partial charge in [-0.1, -0.05) is 13.8 Å². The van der Waals surface area contributed by atoms with Crippen LogP contribution in [0.3, 0.4) is 0 Å². The normalized spacial score (nSPS) is 21.2. The van der Waals surface area contributed by atoms with Crippen LogP contribution in [-0.2, 0) is 0 Å². The van der Waals surface area contributed by atoms with E-state index in [1.54, 1.807) is 6.07 Å². The van der Waals surface area contributed by atoms with Crippen molar-refractivity contribution in [1.29, 1.82) is 0 Å². The molecule has 5 nitrogen and oxygen atoms in total. The van der Waals surface area contributed by atoms with Crippen LogP contribution in [0, 0.1) is 5.92 Å². The lowest BCUT2D eigenvalue weighted by atomic mass is 9.92. The van der Waals surface area contributed by atoms with Crippen molar-refractivity contribution in [2.45, 2.75) is 45.6 Å². The van der Waals surface area contributed by atoms with Crippen molar-refractivity contribution in [3.8, 4) is 0 Å². The topological polar surface area (TPSA) is 61.0 Å². The lowest BCUT2D eigenvalue weighted by molar-refractivity contribution is 0.332. The van der Waals surface area contributed by atoms with Crippen LogP contribution in [0.2, 0.25) is 0 Å². The van der Waals surface area contributed by atoms with Gasteiger partial charge in [0.2, 0.25) is 0 Å². The van der Waals surface area contributed by atoms with E-state index in [-0.39, 0.29) is 11.5 Å². The van der Waals surface area contributed by atoms with E-state index in [1.165, 1.54) is 6.42 Å². The smallest absolute Gasteiger partial charge is 0.252 e. The quantitative estimate of drug-likeness (QED) is 0.880. The van der Waals surface area contributed by atoms with Crippen LogP contribution in [0.5, 0.6) is 0 Å². The van der Waals surface area contributed by atoms with E-state index in [4.69, 9.17) is 0 Å². The summed E-state index contributed by atoms with van der Waals surface area (Å²) in [7, 11) is 2.01. The molecule has 2 rings (SSSR count). The SMILES string of the molecule is CNC(C)C1CCCN(c2cc(=O)[nH]c(C(C)C)n2)C1. The van der Waals surface area contributed by atoms with Crippen molar-refractivity contribution in [2.75, 3.05) is 25.0 Å². The number of nitrogens with one attached hydrogen (secondary N) is 2. The Morgan fingerprint density at radius 2 is 2.20 bits per heavy atom. The minimum absolute atomic E-state index is 0.0533. The summed E-state index contributed by atoms with van der Waals surface area (Å²) in [5, 5.41) is 3.33. The molecule has 0 amide bonds. The molecule has 5 heteroatoms. The summed E-state index contributed by atoms with van der Waals surface area (Å²) in [5.74, 6) is 2.44. The third-order valence-corrected chi connectivity index (χ3v) is 4.24. The Labute approximate surface area is 120 Å². The second-order valence-corrected chi connectivity index (χ2v) is 6.07. The van der Waals surface area contributed by atoms with Gasteiger partial charge in [-0.05, 0) is 32.7 Å². The molecule has 0 spiro atoms. The summed E-state index contributed by atoms with van der Waals surface area (Å²) in [6, 6.07) is 2.11. The number of H-pyrrole nitrogens is 1. The van der Waals surface area contributed by atoms with Gasteiger partial charge in [0.05, 0.1) is 0 Å². The lowest BCUT2D eigenvalue weighted by Gasteiger charge is -2.36. The number of rotatable bonds is 4. The maximum absolute atomic E-state index is 11.8. The van der Waals surface area contributed by atoms with Crippen molar-refractivity contribution in [3.05, 3.63) is 22.2 Å². The van der Waals surface area contributed by atoms with Crippen molar-refractivity contribution >= 4 is 5.82 Å². The van der Waals surface area contributed by atoms with Gasteiger partial charge in [0.1, 0.15) is 11.6 Å². The maximum Gasteiger partial charge on any atom is 0.252 e. The van der Waals surface area contributed by atoms with Gasteiger partial charge in [-0.15, -0.1) is 0 Å². The summed E-state index contributed by atoms with van der Waals surface area (Å²) in [6.07, 6.45) is 2.39. The number of anilines is 1. The fourth-order valence-corrected chi connectivity index (χ4v) is 2.76. The fourth-order valence-electron chi connectivity index (χ4n) is 2.76. The Hall–Kier alpha value is -1.36. The molecule has 1 aromatic rings. The Bertz CT molecular complexity index is 497. The molecule has 0 radical (unpaired) electrons. The third-order valence-electron chi connectivity index (χ3n) is 4.24. The Morgan fingerprint density at radius 1 is 1.45 bits per heavy atom. The summed E-state index contributed by atoms with van der Waals surface area (Å²) < 4.78 is 0.